The van der Waals surface area contributed by atoms with Gasteiger partial charge in [0.2, 0.25) is 0 Å². The number of aromatic amines is 2. The largest absolute Gasteiger partial charge is 0.341 e. The first kappa shape index (κ1) is 20.7. The highest BCUT2D eigenvalue weighted by Crippen LogP contribution is 2.32. The summed E-state index contributed by atoms with van der Waals surface area (Å²) >= 11 is 0. The molecule has 4 N–H and O–H groups in total. The molecule has 2 aromatic carbocycles. The number of hydrogen-bond acceptors (Lipinski definition) is 4. The molecular weight excluding hydrogens is 420 g/mol. The van der Waals surface area contributed by atoms with Crippen molar-refractivity contribution >= 4 is 10.8 Å². The fourth-order valence-electron chi connectivity index (χ4n) is 4.92. The Labute approximate surface area is 199 Å². The van der Waals surface area contributed by atoms with Crippen molar-refractivity contribution in [3.05, 3.63) is 71.7 Å². The number of nitrogens with one attached hydrogen (secondary N) is 4. The number of nitrogens with zero attached hydrogens (tertiary/aromatic N) is 2. The van der Waals surface area contributed by atoms with Gasteiger partial charge in [-0.05, 0) is 73.4 Å². The zero-order valence-electron chi connectivity index (χ0n) is 18.9. The lowest BCUT2D eigenvalue weighted by Gasteiger charge is -2.09. The van der Waals surface area contributed by atoms with Crippen molar-refractivity contribution in [2.24, 2.45) is 0 Å². The van der Waals surface area contributed by atoms with Crippen LogP contribution in [-0.4, -0.2) is 33.0 Å². The van der Waals surface area contributed by atoms with E-state index in [0.717, 1.165) is 65.5 Å². The third kappa shape index (κ3) is 4.10. The Balaban J connectivity index is 1.32. The molecule has 0 aliphatic carbocycles. The Bertz CT molecular complexity index is 1440. The van der Waals surface area contributed by atoms with Gasteiger partial charge in [-0.3, -0.25) is 0 Å². The third-order valence-electron chi connectivity index (χ3n) is 6.63. The first-order valence-electron chi connectivity index (χ1n) is 12.0. The molecular formula is C28H26N6. The standard InChI is InChI=1S/C28H26N6/c1(3-9-21-17-31-27(33-21)23-11-5-15-29-23)8-20-14-13-19-7-2-4-10-22(19)26(20)25-18-32-28(34-25)24-12-6-16-30-24/h2,4,7,10,13-14,17-18,23-24,29-30H,5-6,11-12,15-16H2,(H,31,33)(H,32,34)/t23-,24-/m0/s1. The fourth-order valence-corrected chi connectivity index (χ4v) is 4.92. The van der Waals surface area contributed by atoms with Gasteiger partial charge in [-0.1, -0.05) is 36.3 Å². The summed E-state index contributed by atoms with van der Waals surface area (Å²) in [4.78, 5) is 16.0. The Morgan fingerprint density at radius 1 is 0.765 bits per heavy atom. The SMILES string of the molecule is C(C#Cc1ccc2ccccc2c1-c1cnc([C@@H]2CCCN2)[nH]1)#Cc1cnc([C@@H]2CCCN2)[nH]1. The summed E-state index contributed by atoms with van der Waals surface area (Å²) < 4.78 is 0. The highest BCUT2D eigenvalue weighted by Gasteiger charge is 2.21. The van der Waals surface area contributed by atoms with E-state index in [0.29, 0.717) is 12.1 Å². The number of imidazole rings is 2. The molecule has 6 nitrogen and oxygen atoms in total. The Morgan fingerprint density at radius 2 is 1.50 bits per heavy atom. The summed E-state index contributed by atoms with van der Waals surface area (Å²) in [7, 11) is 0. The highest BCUT2D eigenvalue weighted by atomic mass is 15.0. The maximum absolute atomic E-state index is 4.68. The maximum Gasteiger partial charge on any atom is 0.124 e. The molecule has 2 aliphatic rings. The van der Waals surface area contributed by atoms with Crippen molar-refractivity contribution in [1.82, 2.24) is 30.6 Å². The summed E-state index contributed by atoms with van der Waals surface area (Å²) in [5.74, 6) is 14.4. The molecule has 2 aliphatic heterocycles. The number of aromatic nitrogens is 4. The van der Waals surface area contributed by atoms with Crippen LogP contribution >= 0.6 is 0 Å². The molecule has 2 saturated heterocycles. The van der Waals surface area contributed by atoms with Crippen LogP contribution in [0.3, 0.4) is 0 Å². The van der Waals surface area contributed by atoms with Crippen LogP contribution < -0.4 is 10.6 Å². The molecule has 0 saturated carbocycles. The van der Waals surface area contributed by atoms with Gasteiger partial charge in [-0.15, -0.1) is 0 Å². The smallest absolute Gasteiger partial charge is 0.124 e. The van der Waals surface area contributed by atoms with Gasteiger partial charge >= 0.3 is 0 Å². The second-order valence-corrected chi connectivity index (χ2v) is 8.87. The molecule has 0 bridgehead atoms. The summed E-state index contributed by atoms with van der Waals surface area (Å²) in [6.07, 6.45) is 8.29. The van der Waals surface area contributed by atoms with E-state index < -0.39 is 0 Å². The van der Waals surface area contributed by atoms with Gasteiger partial charge in [-0.2, -0.15) is 0 Å². The highest BCUT2D eigenvalue weighted by molar-refractivity contribution is 5.98. The van der Waals surface area contributed by atoms with Gasteiger partial charge in [-0.25, -0.2) is 9.97 Å². The van der Waals surface area contributed by atoms with Crippen LogP contribution in [0.4, 0.5) is 0 Å². The number of fused-ring (bicyclic) bond motifs is 1. The summed E-state index contributed by atoms with van der Waals surface area (Å²) in [5, 5.41) is 9.29. The van der Waals surface area contributed by atoms with Crippen LogP contribution in [0.2, 0.25) is 0 Å². The quantitative estimate of drug-likeness (QED) is 0.356. The van der Waals surface area contributed by atoms with Crippen LogP contribution in [0.15, 0.2) is 48.8 Å². The fraction of sp³-hybridized carbons (Fsp3) is 0.286. The molecule has 0 spiro atoms. The molecule has 6 heteroatoms. The third-order valence-corrected chi connectivity index (χ3v) is 6.63. The van der Waals surface area contributed by atoms with E-state index in [4.69, 9.17) is 0 Å². The van der Waals surface area contributed by atoms with E-state index in [9.17, 15) is 0 Å². The lowest BCUT2D eigenvalue weighted by atomic mass is 9.97. The maximum atomic E-state index is 4.68. The van der Waals surface area contributed by atoms with Gasteiger partial charge in [0.1, 0.15) is 17.3 Å². The normalized spacial score (nSPS) is 19.5. The van der Waals surface area contributed by atoms with Crippen molar-refractivity contribution < 1.29 is 0 Å². The average molecular weight is 447 g/mol. The van der Waals surface area contributed by atoms with E-state index in [-0.39, 0.29) is 0 Å². The van der Waals surface area contributed by atoms with Gasteiger partial charge in [0.05, 0.1) is 30.2 Å². The Hall–Kier alpha value is -3.84. The van der Waals surface area contributed by atoms with Crippen LogP contribution in [0.1, 0.15) is 60.7 Å². The minimum atomic E-state index is 0.294. The Kier molecular flexibility index (Phi) is 5.61. The van der Waals surface area contributed by atoms with E-state index in [1.165, 1.54) is 18.2 Å². The average Bonchev–Trinajstić information content (AvgIpc) is 3.68. The molecule has 0 amide bonds. The van der Waals surface area contributed by atoms with Crippen molar-refractivity contribution in [1.29, 1.82) is 0 Å². The van der Waals surface area contributed by atoms with Crippen LogP contribution in [-0.2, 0) is 0 Å². The van der Waals surface area contributed by atoms with Crippen LogP contribution in [0, 0.1) is 23.7 Å². The second kappa shape index (κ2) is 9.19. The molecule has 0 radical (unpaired) electrons. The minimum absolute atomic E-state index is 0.294. The molecule has 2 atom stereocenters. The second-order valence-electron chi connectivity index (χ2n) is 8.87. The van der Waals surface area contributed by atoms with Crippen LogP contribution in [0.25, 0.3) is 22.0 Å². The van der Waals surface area contributed by atoms with Gasteiger partial charge in [0, 0.05) is 11.1 Å². The molecule has 4 heterocycles. The summed E-state index contributed by atoms with van der Waals surface area (Å²) in [6.45, 7) is 2.08. The van der Waals surface area contributed by atoms with Gasteiger partial charge < -0.3 is 20.6 Å². The van der Waals surface area contributed by atoms with Gasteiger partial charge in [0.25, 0.3) is 0 Å². The zero-order chi connectivity index (χ0) is 22.7. The first-order chi connectivity index (χ1) is 16.8. The molecule has 6 rings (SSSR count). The topological polar surface area (TPSA) is 81.4 Å². The number of hydrogen-bond donors (Lipinski definition) is 4. The van der Waals surface area contributed by atoms with Gasteiger partial charge in [0.15, 0.2) is 0 Å². The monoisotopic (exact) mass is 446 g/mol. The van der Waals surface area contributed by atoms with Crippen molar-refractivity contribution in [3.63, 3.8) is 0 Å². The van der Waals surface area contributed by atoms with Crippen molar-refractivity contribution in [3.8, 4) is 34.9 Å². The summed E-state index contributed by atoms with van der Waals surface area (Å²) in [6, 6.07) is 13.2. The molecule has 2 aromatic heterocycles. The molecule has 34 heavy (non-hydrogen) atoms. The predicted octanol–water partition coefficient (Wildman–Crippen LogP) is 4.21. The minimum Gasteiger partial charge on any atom is -0.341 e. The van der Waals surface area contributed by atoms with Crippen LogP contribution in [0.5, 0.6) is 0 Å². The number of rotatable bonds is 3. The van der Waals surface area contributed by atoms with Crippen molar-refractivity contribution in [2.75, 3.05) is 13.1 Å². The molecule has 2 fully saturated rings. The molecule has 0 unspecified atom stereocenters. The van der Waals surface area contributed by atoms with E-state index >= 15 is 0 Å². The summed E-state index contributed by atoms with van der Waals surface area (Å²) in [5.41, 5.74) is 3.78. The first-order valence-corrected chi connectivity index (χ1v) is 12.0. The van der Waals surface area contributed by atoms with Crippen molar-refractivity contribution in [2.45, 2.75) is 37.8 Å². The number of H-pyrrole nitrogens is 2. The lowest BCUT2D eigenvalue weighted by Crippen LogP contribution is -2.14. The van der Waals surface area contributed by atoms with E-state index in [1.807, 2.05) is 6.20 Å². The van der Waals surface area contributed by atoms with E-state index in [1.54, 1.807) is 6.20 Å². The lowest BCUT2D eigenvalue weighted by molar-refractivity contribution is 0.612. The molecule has 4 aromatic rings. The number of benzene rings is 2. The van der Waals surface area contributed by atoms with E-state index in [2.05, 4.69) is 90.6 Å². The molecule has 168 valence electrons. The Morgan fingerprint density at radius 3 is 2.29 bits per heavy atom. The zero-order valence-corrected chi connectivity index (χ0v) is 18.9. The predicted molar refractivity (Wildman–Crippen MR) is 134 cm³/mol.